The first-order chi connectivity index (χ1) is 12.5. The number of hydrogen-bond acceptors (Lipinski definition) is 5. The van der Waals surface area contributed by atoms with Crippen molar-refractivity contribution in [1.29, 1.82) is 0 Å². The normalized spacial score (nSPS) is 12.8. The Morgan fingerprint density at radius 1 is 1.12 bits per heavy atom. The summed E-state index contributed by atoms with van der Waals surface area (Å²) < 4.78 is 0. The number of thiol groups is 1. The van der Waals surface area contributed by atoms with E-state index in [0.29, 0.717) is 24.3 Å². The quantitative estimate of drug-likeness (QED) is 0.402. The number of hydrogen-bond donors (Lipinski definition) is 4. The third kappa shape index (κ3) is 8.62. The summed E-state index contributed by atoms with van der Waals surface area (Å²) in [6.07, 6.45) is 3.43. The monoisotopic (exact) mass is 398 g/mol. The molecule has 8 heteroatoms. The van der Waals surface area contributed by atoms with E-state index in [2.05, 4.69) is 23.3 Å². The number of aryl methyl sites for hydroxylation is 1. The number of amides is 2. The highest BCUT2D eigenvalue weighted by atomic mass is 32.2. The van der Waals surface area contributed by atoms with Gasteiger partial charge in [0.1, 0.15) is 12.1 Å². The maximum Gasteiger partial charge on any atom is 0.326 e. The van der Waals surface area contributed by atoms with E-state index >= 15 is 0 Å². The fourth-order valence-corrected chi connectivity index (χ4v) is 3.06. The van der Waals surface area contributed by atoms with E-state index in [1.807, 2.05) is 36.6 Å². The molecule has 0 saturated carbocycles. The molecule has 1 rings (SSSR count). The van der Waals surface area contributed by atoms with Gasteiger partial charge in [0.2, 0.25) is 11.8 Å². The van der Waals surface area contributed by atoms with Gasteiger partial charge in [-0.3, -0.25) is 9.59 Å². The average Bonchev–Trinajstić information content (AvgIpc) is 2.63. The maximum atomic E-state index is 12.4. The van der Waals surface area contributed by atoms with Gasteiger partial charge in [-0.1, -0.05) is 30.3 Å². The van der Waals surface area contributed by atoms with Crippen molar-refractivity contribution in [2.45, 2.75) is 37.8 Å². The SMILES string of the molecule is CSCC[C@H](NC(=O)CCc1ccccc1)C(=O)N[C@@H](CCS)C(=O)O. The molecule has 6 nitrogen and oxygen atoms in total. The number of rotatable bonds is 12. The zero-order valence-corrected chi connectivity index (χ0v) is 16.5. The van der Waals surface area contributed by atoms with E-state index in [0.717, 1.165) is 5.56 Å². The number of thioether (sulfide) groups is 1. The first-order valence-electron chi connectivity index (χ1n) is 8.44. The molecular weight excluding hydrogens is 372 g/mol. The molecule has 3 N–H and O–H groups in total. The molecule has 0 spiro atoms. The third-order valence-corrected chi connectivity index (χ3v) is 4.68. The molecule has 2 amide bonds. The molecule has 1 aromatic carbocycles. The predicted octanol–water partition coefficient (Wildman–Crippen LogP) is 1.75. The minimum Gasteiger partial charge on any atom is -0.480 e. The molecule has 0 aliphatic heterocycles. The van der Waals surface area contributed by atoms with Crippen molar-refractivity contribution >= 4 is 42.2 Å². The van der Waals surface area contributed by atoms with Crippen molar-refractivity contribution in [3.8, 4) is 0 Å². The van der Waals surface area contributed by atoms with Gasteiger partial charge in [-0.25, -0.2) is 4.79 Å². The lowest BCUT2D eigenvalue weighted by Crippen LogP contribution is -2.52. The van der Waals surface area contributed by atoms with Gasteiger partial charge in [0.25, 0.3) is 0 Å². The van der Waals surface area contributed by atoms with Crippen molar-refractivity contribution in [2.24, 2.45) is 0 Å². The fraction of sp³-hybridized carbons (Fsp3) is 0.500. The summed E-state index contributed by atoms with van der Waals surface area (Å²) in [7, 11) is 0. The largest absolute Gasteiger partial charge is 0.480 e. The van der Waals surface area contributed by atoms with Gasteiger partial charge in [0.15, 0.2) is 0 Å². The van der Waals surface area contributed by atoms with Crippen LogP contribution in [0.2, 0.25) is 0 Å². The molecule has 0 bridgehead atoms. The standard InChI is InChI=1S/C18H26N2O4S2/c1-26-12-10-14(17(22)20-15(9-11-25)18(23)24)19-16(21)8-7-13-5-3-2-4-6-13/h2-6,14-15,25H,7-12H2,1H3,(H,19,21)(H,20,22)(H,23,24)/t14-,15-/m0/s1. The second kappa shape index (κ2) is 12.6. The summed E-state index contributed by atoms with van der Waals surface area (Å²) >= 11 is 5.58. The molecule has 2 atom stereocenters. The van der Waals surface area contributed by atoms with E-state index in [-0.39, 0.29) is 18.7 Å². The molecule has 0 radical (unpaired) electrons. The Kier molecular flexibility index (Phi) is 10.9. The van der Waals surface area contributed by atoms with Gasteiger partial charge in [0.05, 0.1) is 0 Å². The van der Waals surface area contributed by atoms with Gasteiger partial charge in [-0.2, -0.15) is 24.4 Å². The van der Waals surface area contributed by atoms with Crippen LogP contribution in [0.15, 0.2) is 30.3 Å². The highest BCUT2D eigenvalue weighted by molar-refractivity contribution is 7.98. The molecular formula is C18H26N2O4S2. The van der Waals surface area contributed by atoms with Crippen LogP contribution in [0.1, 0.15) is 24.8 Å². The van der Waals surface area contributed by atoms with Crippen LogP contribution in [-0.4, -0.2) is 52.7 Å². The van der Waals surface area contributed by atoms with Crippen molar-refractivity contribution in [2.75, 3.05) is 17.8 Å². The Labute approximate surface area is 163 Å². The van der Waals surface area contributed by atoms with Crippen LogP contribution < -0.4 is 10.6 Å². The molecule has 0 aliphatic carbocycles. The summed E-state index contributed by atoms with van der Waals surface area (Å²) in [5, 5.41) is 14.4. The third-order valence-electron chi connectivity index (χ3n) is 3.78. The second-order valence-electron chi connectivity index (χ2n) is 5.80. The molecule has 1 aromatic rings. The van der Waals surface area contributed by atoms with E-state index < -0.39 is 24.0 Å². The van der Waals surface area contributed by atoms with E-state index in [9.17, 15) is 14.4 Å². The van der Waals surface area contributed by atoms with Crippen LogP contribution in [-0.2, 0) is 20.8 Å². The molecule has 26 heavy (non-hydrogen) atoms. The number of nitrogens with one attached hydrogen (secondary N) is 2. The lowest BCUT2D eigenvalue weighted by molar-refractivity contribution is -0.142. The summed E-state index contributed by atoms with van der Waals surface area (Å²) in [5.74, 6) is -0.777. The highest BCUT2D eigenvalue weighted by Crippen LogP contribution is 2.06. The van der Waals surface area contributed by atoms with Crippen LogP contribution in [0.4, 0.5) is 0 Å². The van der Waals surface area contributed by atoms with Crippen LogP contribution in [0.25, 0.3) is 0 Å². The van der Waals surface area contributed by atoms with E-state index in [1.54, 1.807) is 11.8 Å². The Hall–Kier alpha value is -1.67. The maximum absolute atomic E-state index is 12.4. The van der Waals surface area contributed by atoms with Crippen LogP contribution >= 0.6 is 24.4 Å². The van der Waals surface area contributed by atoms with E-state index in [1.165, 1.54) is 0 Å². The Morgan fingerprint density at radius 3 is 2.38 bits per heavy atom. The Balaban J connectivity index is 2.61. The number of benzene rings is 1. The Bertz CT molecular complexity index is 584. The van der Waals surface area contributed by atoms with Gasteiger partial charge >= 0.3 is 5.97 Å². The summed E-state index contributed by atoms with van der Waals surface area (Å²) in [4.78, 5) is 35.8. The highest BCUT2D eigenvalue weighted by Gasteiger charge is 2.25. The van der Waals surface area contributed by atoms with Crippen LogP contribution in [0.3, 0.4) is 0 Å². The number of carboxylic acids is 1. The molecule has 0 aliphatic rings. The van der Waals surface area contributed by atoms with Gasteiger partial charge in [-0.15, -0.1) is 0 Å². The Morgan fingerprint density at radius 2 is 1.81 bits per heavy atom. The summed E-state index contributed by atoms with van der Waals surface area (Å²) in [6, 6.07) is 7.88. The molecule has 0 heterocycles. The molecule has 144 valence electrons. The number of aliphatic carboxylic acids is 1. The van der Waals surface area contributed by atoms with Crippen LogP contribution in [0.5, 0.6) is 0 Å². The molecule has 0 fully saturated rings. The van der Waals surface area contributed by atoms with Crippen molar-refractivity contribution in [3.05, 3.63) is 35.9 Å². The van der Waals surface area contributed by atoms with Crippen molar-refractivity contribution < 1.29 is 19.5 Å². The summed E-state index contributed by atoms with van der Waals surface area (Å²) in [6.45, 7) is 0. The lowest BCUT2D eigenvalue weighted by atomic mass is 10.1. The second-order valence-corrected chi connectivity index (χ2v) is 7.23. The van der Waals surface area contributed by atoms with Crippen molar-refractivity contribution in [1.82, 2.24) is 10.6 Å². The van der Waals surface area contributed by atoms with Gasteiger partial charge < -0.3 is 15.7 Å². The number of carboxylic acid groups (broad SMARTS) is 1. The first-order valence-corrected chi connectivity index (χ1v) is 10.5. The molecule has 0 saturated heterocycles. The minimum absolute atomic E-state index is 0.224. The smallest absolute Gasteiger partial charge is 0.326 e. The number of carbonyl (C=O) groups excluding carboxylic acids is 2. The average molecular weight is 399 g/mol. The van der Waals surface area contributed by atoms with Gasteiger partial charge in [0, 0.05) is 6.42 Å². The minimum atomic E-state index is -1.11. The molecule has 0 aromatic heterocycles. The number of carbonyl (C=O) groups is 3. The lowest BCUT2D eigenvalue weighted by Gasteiger charge is -2.21. The first kappa shape index (κ1) is 22.4. The van der Waals surface area contributed by atoms with E-state index in [4.69, 9.17) is 5.11 Å². The zero-order chi connectivity index (χ0) is 19.4. The van der Waals surface area contributed by atoms with Crippen LogP contribution in [0, 0.1) is 0 Å². The van der Waals surface area contributed by atoms with Gasteiger partial charge in [-0.05, 0) is 42.6 Å². The zero-order valence-electron chi connectivity index (χ0n) is 14.8. The summed E-state index contributed by atoms with van der Waals surface area (Å²) in [5.41, 5.74) is 1.05. The fourth-order valence-electron chi connectivity index (χ4n) is 2.33. The topological polar surface area (TPSA) is 95.5 Å². The molecule has 0 unspecified atom stereocenters. The predicted molar refractivity (Wildman–Crippen MR) is 108 cm³/mol. The van der Waals surface area contributed by atoms with Crippen molar-refractivity contribution in [3.63, 3.8) is 0 Å².